The van der Waals surface area contributed by atoms with Crippen molar-refractivity contribution >= 4 is 23.2 Å². The van der Waals surface area contributed by atoms with Crippen LogP contribution in [0.15, 0.2) is 47.8 Å². The highest BCUT2D eigenvalue weighted by Crippen LogP contribution is 2.14. The smallest absolute Gasteiger partial charge is 0.247 e. The summed E-state index contributed by atoms with van der Waals surface area (Å²) in [5, 5.41) is 7.65. The Morgan fingerprint density at radius 2 is 1.96 bits per heavy atom. The fourth-order valence-corrected chi connectivity index (χ4v) is 3.06. The molecule has 5 nitrogen and oxygen atoms in total. The fourth-order valence-electron chi connectivity index (χ4n) is 2.36. The summed E-state index contributed by atoms with van der Waals surface area (Å²) in [6, 6.07) is 12.4. The highest BCUT2D eigenvalue weighted by molar-refractivity contribution is 7.10. The average Bonchev–Trinajstić information content (AvgIpc) is 3.13. The van der Waals surface area contributed by atoms with E-state index in [1.54, 1.807) is 0 Å². The summed E-state index contributed by atoms with van der Waals surface area (Å²) in [4.78, 5) is 25.8. The van der Waals surface area contributed by atoms with Gasteiger partial charge in [-0.1, -0.05) is 36.4 Å². The lowest BCUT2D eigenvalue weighted by Gasteiger charge is -2.19. The molecule has 2 amide bonds. The fraction of sp³-hybridized carbons (Fsp3) is 0.368. The molecule has 0 fully saturated rings. The van der Waals surface area contributed by atoms with Crippen molar-refractivity contribution in [1.82, 2.24) is 10.6 Å². The van der Waals surface area contributed by atoms with Crippen LogP contribution < -0.4 is 10.6 Å². The Bertz CT molecular complexity index is 644. The van der Waals surface area contributed by atoms with Gasteiger partial charge in [-0.2, -0.15) is 0 Å². The molecule has 1 atom stereocenters. The lowest BCUT2D eigenvalue weighted by Crippen LogP contribution is -2.41. The molecule has 0 unspecified atom stereocenters. The normalized spacial score (nSPS) is 11.7. The minimum Gasteiger partial charge on any atom is -0.382 e. The van der Waals surface area contributed by atoms with Crippen molar-refractivity contribution in [2.24, 2.45) is 0 Å². The Morgan fingerprint density at radius 1 is 1.16 bits per heavy atom. The maximum atomic E-state index is 12.6. The number of carbonyl (C=O) groups excluding carboxylic acids is 2. The van der Waals surface area contributed by atoms with Crippen molar-refractivity contribution in [3.8, 4) is 0 Å². The molecule has 6 heteroatoms. The second kappa shape index (κ2) is 10.6. The number of hydrogen-bond donors (Lipinski definition) is 2. The van der Waals surface area contributed by atoms with Crippen LogP contribution in [0.25, 0.3) is 0 Å². The molecule has 1 heterocycles. The van der Waals surface area contributed by atoms with E-state index in [2.05, 4.69) is 10.6 Å². The molecule has 0 bridgehead atoms. The van der Waals surface area contributed by atoms with Gasteiger partial charge in [0.1, 0.15) is 6.04 Å². The molecule has 134 valence electrons. The standard InChI is InChI=1S/C19H24N2O3S/c1-2-24-12-7-11-20-19(23)18(15-8-4-3-5-9-15)21-17(22)14-16-10-6-13-25-16/h3-6,8-10,13,18H,2,7,11-12,14H2,1H3,(H,20,23)(H,21,22)/t18-/m0/s1. The van der Waals surface area contributed by atoms with Gasteiger partial charge >= 0.3 is 0 Å². The lowest BCUT2D eigenvalue weighted by atomic mass is 10.1. The molecule has 25 heavy (non-hydrogen) atoms. The van der Waals surface area contributed by atoms with Crippen molar-refractivity contribution in [3.63, 3.8) is 0 Å². The van der Waals surface area contributed by atoms with Crippen LogP contribution >= 0.6 is 11.3 Å². The van der Waals surface area contributed by atoms with Crippen LogP contribution in [0.3, 0.4) is 0 Å². The zero-order chi connectivity index (χ0) is 17.9. The van der Waals surface area contributed by atoms with E-state index in [1.165, 1.54) is 11.3 Å². The van der Waals surface area contributed by atoms with E-state index in [1.807, 2.05) is 54.8 Å². The highest BCUT2D eigenvalue weighted by atomic mass is 32.1. The molecule has 0 aliphatic heterocycles. The minimum absolute atomic E-state index is 0.166. The molecule has 2 aromatic rings. The summed E-state index contributed by atoms with van der Waals surface area (Å²) >= 11 is 1.53. The third kappa shape index (κ3) is 6.68. The van der Waals surface area contributed by atoms with Crippen LogP contribution in [0.4, 0.5) is 0 Å². The third-order valence-corrected chi connectivity index (χ3v) is 4.46. The summed E-state index contributed by atoms with van der Waals surface area (Å²) in [5.41, 5.74) is 0.768. The molecule has 1 aromatic carbocycles. The van der Waals surface area contributed by atoms with Gasteiger partial charge in [0.15, 0.2) is 0 Å². The van der Waals surface area contributed by atoms with E-state index in [0.717, 1.165) is 16.9 Å². The summed E-state index contributed by atoms with van der Waals surface area (Å²) in [6.07, 6.45) is 1.02. The Kier molecular flexibility index (Phi) is 8.15. The molecule has 0 saturated heterocycles. The predicted octanol–water partition coefficient (Wildman–Crippen LogP) is 2.69. The van der Waals surface area contributed by atoms with Gasteiger partial charge in [-0.25, -0.2) is 0 Å². The Labute approximate surface area is 152 Å². The first-order valence-corrected chi connectivity index (χ1v) is 9.30. The number of ether oxygens (including phenoxy) is 1. The molecule has 0 saturated carbocycles. The van der Waals surface area contributed by atoms with E-state index in [9.17, 15) is 9.59 Å². The van der Waals surface area contributed by atoms with Gasteiger partial charge in [0.05, 0.1) is 6.42 Å². The molecule has 1 aromatic heterocycles. The molecule has 2 rings (SSSR count). The number of carbonyl (C=O) groups is 2. The maximum Gasteiger partial charge on any atom is 0.247 e. The SMILES string of the molecule is CCOCCCNC(=O)[C@@H](NC(=O)Cc1cccs1)c1ccccc1. The van der Waals surface area contributed by atoms with Gasteiger partial charge in [-0.05, 0) is 30.4 Å². The lowest BCUT2D eigenvalue weighted by molar-refractivity contribution is -0.128. The van der Waals surface area contributed by atoms with Gasteiger partial charge in [-0.3, -0.25) is 9.59 Å². The number of thiophene rings is 1. The number of hydrogen-bond acceptors (Lipinski definition) is 4. The monoisotopic (exact) mass is 360 g/mol. The van der Waals surface area contributed by atoms with E-state index >= 15 is 0 Å². The summed E-state index contributed by atoms with van der Waals surface area (Å²) < 4.78 is 5.26. The Balaban J connectivity index is 1.95. The molecular formula is C19H24N2O3S. The second-order valence-electron chi connectivity index (χ2n) is 5.51. The molecule has 2 N–H and O–H groups in total. The summed E-state index contributed by atoms with van der Waals surface area (Å²) in [5.74, 6) is -0.372. The second-order valence-corrected chi connectivity index (χ2v) is 6.54. The molecule has 0 aliphatic carbocycles. The van der Waals surface area contributed by atoms with Gasteiger partial charge in [0, 0.05) is 24.6 Å². The van der Waals surface area contributed by atoms with Gasteiger partial charge in [0.25, 0.3) is 0 Å². The van der Waals surface area contributed by atoms with E-state index in [0.29, 0.717) is 19.8 Å². The van der Waals surface area contributed by atoms with E-state index in [-0.39, 0.29) is 18.2 Å². The van der Waals surface area contributed by atoms with Crippen molar-refractivity contribution in [2.75, 3.05) is 19.8 Å². The number of nitrogens with one attached hydrogen (secondary N) is 2. The highest BCUT2D eigenvalue weighted by Gasteiger charge is 2.22. The number of benzene rings is 1. The summed E-state index contributed by atoms with van der Waals surface area (Å²) in [6.45, 7) is 3.73. The van der Waals surface area contributed by atoms with Crippen LogP contribution in [0.5, 0.6) is 0 Å². The zero-order valence-electron chi connectivity index (χ0n) is 14.4. The van der Waals surface area contributed by atoms with Crippen molar-refractivity contribution in [3.05, 3.63) is 58.3 Å². The topological polar surface area (TPSA) is 67.4 Å². The van der Waals surface area contributed by atoms with Crippen molar-refractivity contribution in [1.29, 1.82) is 0 Å². The average molecular weight is 360 g/mol. The van der Waals surface area contributed by atoms with Crippen molar-refractivity contribution in [2.45, 2.75) is 25.8 Å². The van der Waals surface area contributed by atoms with E-state index in [4.69, 9.17) is 4.74 Å². The van der Waals surface area contributed by atoms with Crippen LogP contribution in [0.2, 0.25) is 0 Å². The predicted molar refractivity (Wildman–Crippen MR) is 99.5 cm³/mol. The van der Waals surface area contributed by atoms with Gasteiger partial charge in [-0.15, -0.1) is 11.3 Å². The number of amides is 2. The Morgan fingerprint density at radius 3 is 2.64 bits per heavy atom. The van der Waals surface area contributed by atoms with E-state index < -0.39 is 6.04 Å². The quantitative estimate of drug-likeness (QED) is 0.640. The third-order valence-electron chi connectivity index (χ3n) is 3.58. The summed E-state index contributed by atoms with van der Waals surface area (Å²) in [7, 11) is 0. The van der Waals surface area contributed by atoms with Crippen LogP contribution in [0.1, 0.15) is 29.8 Å². The molecule has 0 radical (unpaired) electrons. The first kappa shape index (κ1) is 19.1. The van der Waals surface area contributed by atoms with Crippen molar-refractivity contribution < 1.29 is 14.3 Å². The van der Waals surface area contributed by atoms with Crippen LogP contribution in [-0.4, -0.2) is 31.6 Å². The molecule has 0 aliphatic rings. The van der Waals surface area contributed by atoms with Crippen LogP contribution in [-0.2, 0) is 20.7 Å². The Hall–Kier alpha value is -2.18. The number of rotatable bonds is 10. The van der Waals surface area contributed by atoms with Crippen LogP contribution in [0, 0.1) is 0 Å². The van der Waals surface area contributed by atoms with Gasteiger partial charge in [0.2, 0.25) is 11.8 Å². The first-order valence-electron chi connectivity index (χ1n) is 8.43. The first-order chi connectivity index (χ1) is 12.2. The zero-order valence-corrected chi connectivity index (χ0v) is 15.2. The molecular weight excluding hydrogens is 336 g/mol. The minimum atomic E-state index is -0.694. The molecule has 0 spiro atoms. The largest absolute Gasteiger partial charge is 0.382 e. The maximum absolute atomic E-state index is 12.6. The van der Waals surface area contributed by atoms with Gasteiger partial charge < -0.3 is 15.4 Å².